The van der Waals surface area contributed by atoms with Crippen LogP contribution < -0.4 is 30.3 Å². The molecule has 238 valence electrons. The van der Waals surface area contributed by atoms with Gasteiger partial charge in [-0.2, -0.15) is 5.10 Å². The molecule has 3 aromatic rings. The van der Waals surface area contributed by atoms with Gasteiger partial charge in [0.2, 0.25) is 0 Å². The second-order valence-corrected chi connectivity index (χ2v) is 12.6. The maximum absolute atomic E-state index is 12.5. The molecule has 2 atom stereocenters. The first-order valence-corrected chi connectivity index (χ1v) is 16.3. The number of benzene rings is 3. The van der Waals surface area contributed by atoms with Crippen LogP contribution in [0.25, 0.3) is 0 Å². The Labute approximate surface area is 291 Å². The number of urea groups is 1. The van der Waals surface area contributed by atoms with Gasteiger partial charge in [-0.15, -0.1) is 0 Å². The molecule has 0 aromatic heterocycles. The Kier molecular flexibility index (Phi) is 12.5. The first-order valence-electron chi connectivity index (χ1n) is 13.7. The second-order valence-electron chi connectivity index (χ2n) is 9.64. The molecule has 45 heavy (non-hydrogen) atoms. The van der Waals surface area contributed by atoms with Gasteiger partial charge in [0.1, 0.15) is 19.0 Å². The topological polar surface area (TPSA) is 140 Å². The highest BCUT2D eigenvalue weighted by Gasteiger charge is 2.32. The van der Waals surface area contributed by atoms with Crippen LogP contribution in [0.4, 0.5) is 4.79 Å². The Bertz CT molecular complexity index is 1600. The number of carbonyl (C=O) groups excluding carboxylic acids is 2. The largest absolute Gasteiger partial charge is 0.490 e. The summed E-state index contributed by atoms with van der Waals surface area (Å²) in [6, 6.07) is 15.5. The number of esters is 1. The number of methoxy groups -OCH3 is 1. The number of nitrogens with one attached hydrogen (secondary N) is 3. The molecule has 4 N–H and O–H groups in total. The van der Waals surface area contributed by atoms with Crippen molar-refractivity contribution >= 4 is 72.7 Å². The Hall–Kier alpha value is -3.34. The van der Waals surface area contributed by atoms with Gasteiger partial charge in [0, 0.05) is 20.2 Å². The molecule has 1 aliphatic heterocycles. The van der Waals surface area contributed by atoms with Crippen molar-refractivity contribution in [2.24, 2.45) is 5.10 Å². The SMILES string of the molecule is CCOc1cc([C@@H]2NC(=O)NC(C)=C2C(=O)OC)ccc1OC[C@H](O)N/N=C/c1cc(Br)cc(I)c1OCc1ccc(Br)cc1. The van der Waals surface area contributed by atoms with E-state index < -0.39 is 24.3 Å². The van der Waals surface area contributed by atoms with Crippen molar-refractivity contribution in [2.45, 2.75) is 32.7 Å². The highest BCUT2D eigenvalue weighted by molar-refractivity contribution is 14.1. The van der Waals surface area contributed by atoms with Gasteiger partial charge in [-0.1, -0.05) is 50.1 Å². The molecule has 0 saturated heterocycles. The van der Waals surface area contributed by atoms with E-state index in [1.807, 2.05) is 43.3 Å². The van der Waals surface area contributed by atoms with Gasteiger partial charge >= 0.3 is 12.0 Å². The van der Waals surface area contributed by atoms with E-state index in [-0.39, 0.29) is 12.2 Å². The molecule has 2 amide bonds. The van der Waals surface area contributed by atoms with Gasteiger partial charge in [0.25, 0.3) is 0 Å². The zero-order chi connectivity index (χ0) is 32.5. The summed E-state index contributed by atoms with van der Waals surface area (Å²) < 4.78 is 25.4. The zero-order valence-electron chi connectivity index (χ0n) is 24.5. The minimum absolute atomic E-state index is 0.157. The van der Waals surface area contributed by atoms with Crippen molar-refractivity contribution in [2.75, 3.05) is 20.3 Å². The van der Waals surface area contributed by atoms with Crippen LogP contribution in [0.2, 0.25) is 0 Å². The second kappa shape index (κ2) is 16.3. The van der Waals surface area contributed by atoms with Crippen LogP contribution in [0, 0.1) is 3.57 Å². The van der Waals surface area contributed by atoms with E-state index >= 15 is 0 Å². The summed E-state index contributed by atoms with van der Waals surface area (Å²) in [5.41, 5.74) is 5.64. The molecule has 0 radical (unpaired) electrons. The minimum atomic E-state index is -1.16. The number of aliphatic hydroxyl groups excluding tert-OH is 1. The van der Waals surface area contributed by atoms with Crippen LogP contribution in [-0.4, -0.2) is 49.9 Å². The van der Waals surface area contributed by atoms with Gasteiger partial charge < -0.3 is 34.7 Å². The molecule has 0 bridgehead atoms. The Balaban J connectivity index is 1.42. The Morgan fingerprint density at radius 1 is 1.09 bits per heavy atom. The van der Waals surface area contributed by atoms with Gasteiger partial charge in [0.15, 0.2) is 17.7 Å². The van der Waals surface area contributed by atoms with E-state index in [2.05, 4.69) is 75.6 Å². The van der Waals surface area contributed by atoms with Crippen molar-refractivity contribution in [3.8, 4) is 17.2 Å². The van der Waals surface area contributed by atoms with Crippen LogP contribution >= 0.6 is 54.5 Å². The number of halogens is 3. The lowest BCUT2D eigenvalue weighted by molar-refractivity contribution is -0.136. The summed E-state index contributed by atoms with van der Waals surface area (Å²) in [5.74, 6) is 0.816. The molecule has 0 unspecified atom stereocenters. The predicted molar refractivity (Wildman–Crippen MR) is 184 cm³/mol. The normalized spacial score (nSPS) is 15.3. The summed E-state index contributed by atoms with van der Waals surface area (Å²) >= 11 is 9.16. The number of hydrogen-bond donors (Lipinski definition) is 4. The van der Waals surface area contributed by atoms with E-state index in [9.17, 15) is 14.7 Å². The lowest BCUT2D eigenvalue weighted by atomic mass is 9.95. The molecule has 1 aliphatic rings. The standard InChI is InChI=1S/C31H31Br2IN4O7/c1-4-43-25-12-19(28-27(30(40)42-3)17(2)36-31(41)37-28)7-10-24(25)44-16-26(39)38-35-14-20-11-22(33)13-23(34)29(20)45-15-18-5-8-21(32)9-6-18/h5-14,26,28,38-39H,4,15-16H2,1-3H3,(H2,36,37,41)/b35-14+/t26-,28-/m0/s1. The van der Waals surface area contributed by atoms with E-state index in [1.54, 1.807) is 31.3 Å². The summed E-state index contributed by atoms with van der Waals surface area (Å²) in [7, 11) is 1.28. The van der Waals surface area contributed by atoms with E-state index in [4.69, 9.17) is 18.9 Å². The highest BCUT2D eigenvalue weighted by Crippen LogP contribution is 2.35. The molecule has 0 spiro atoms. The molecule has 0 saturated carbocycles. The number of allylic oxidation sites excluding steroid dienone is 1. The minimum Gasteiger partial charge on any atom is -0.490 e. The summed E-state index contributed by atoms with van der Waals surface area (Å²) in [4.78, 5) is 24.6. The fourth-order valence-electron chi connectivity index (χ4n) is 4.38. The van der Waals surface area contributed by atoms with Gasteiger partial charge in [0.05, 0.1) is 35.1 Å². The molecule has 0 aliphatic carbocycles. The zero-order valence-corrected chi connectivity index (χ0v) is 29.9. The summed E-state index contributed by atoms with van der Waals surface area (Å²) in [5, 5.41) is 20.1. The molecule has 1 heterocycles. The third kappa shape index (κ3) is 9.34. The monoisotopic (exact) mass is 856 g/mol. The number of amides is 2. The number of aliphatic hydroxyl groups is 1. The van der Waals surface area contributed by atoms with Crippen molar-refractivity contribution in [1.29, 1.82) is 0 Å². The Morgan fingerprint density at radius 2 is 1.84 bits per heavy atom. The molecule has 0 fully saturated rings. The quantitative estimate of drug-likeness (QED) is 0.0547. The first kappa shape index (κ1) is 34.5. The molecule has 11 nitrogen and oxygen atoms in total. The number of rotatable bonds is 13. The number of hydrazone groups is 1. The molecule has 4 rings (SSSR count). The van der Waals surface area contributed by atoms with Gasteiger partial charge in [-0.25, -0.2) is 9.59 Å². The van der Waals surface area contributed by atoms with Gasteiger partial charge in [-0.05, 0) is 84.0 Å². The van der Waals surface area contributed by atoms with Crippen LogP contribution in [0.1, 0.15) is 36.6 Å². The van der Waals surface area contributed by atoms with E-state index in [0.717, 1.165) is 18.1 Å². The van der Waals surface area contributed by atoms with Crippen LogP contribution in [0.5, 0.6) is 17.2 Å². The molecular weight excluding hydrogens is 827 g/mol. The lowest BCUT2D eigenvalue weighted by Crippen LogP contribution is -2.45. The average molecular weight is 858 g/mol. The third-order valence-corrected chi connectivity index (χ3v) is 8.22. The maximum Gasteiger partial charge on any atom is 0.337 e. The lowest BCUT2D eigenvalue weighted by Gasteiger charge is -2.28. The number of nitrogens with zero attached hydrogens (tertiary/aromatic N) is 1. The summed E-state index contributed by atoms with van der Waals surface area (Å²) in [6.07, 6.45) is 0.406. The smallest absolute Gasteiger partial charge is 0.337 e. The van der Waals surface area contributed by atoms with Crippen molar-refractivity contribution < 1.29 is 33.6 Å². The number of hydrogen-bond acceptors (Lipinski definition) is 9. The molecular formula is C31H31Br2IN4O7. The van der Waals surface area contributed by atoms with E-state index in [1.165, 1.54) is 7.11 Å². The van der Waals surface area contributed by atoms with Crippen LogP contribution in [0.3, 0.4) is 0 Å². The van der Waals surface area contributed by atoms with Crippen LogP contribution in [-0.2, 0) is 16.1 Å². The number of ether oxygens (including phenoxy) is 4. The fraction of sp³-hybridized carbons (Fsp3) is 0.258. The predicted octanol–water partition coefficient (Wildman–Crippen LogP) is 5.92. The first-order chi connectivity index (χ1) is 21.6. The molecule has 3 aromatic carbocycles. The van der Waals surface area contributed by atoms with Crippen molar-refractivity contribution in [3.05, 3.63) is 95.1 Å². The third-order valence-electron chi connectivity index (χ3n) is 6.43. The Morgan fingerprint density at radius 3 is 2.56 bits per heavy atom. The maximum atomic E-state index is 12.5. The fourth-order valence-corrected chi connectivity index (χ4v) is 6.35. The van der Waals surface area contributed by atoms with Crippen molar-refractivity contribution in [1.82, 2.24) is 16.1 Å². The molecule has 14 heteroatoms. The van der Waals surface area contributed by atoms with Gasteiger partial charge in [-0.3, -0.25) is 5.43 Å². The van der Waals surface area contributed by atoms with Crippen molar-refractivity contribution in [3.63, 3.8) is 0 Å². The highest BCUT2D eigenvalue weighted by atomic mass is 127. The summed E-state index contributed by atoms with van der Waals surface area (Å²) in [6.45, 7) is 4.00. The van der Waals surface area contributed by atoms with E-state index in [0.29, 0.717) is 47.3 Å². The van der Waals surface area contributed by atoms with Crippen LogP contribution in [0.15, 0.2) is 79.9 Å². The number of carbonyl (C=O) groups is 2. The average Bonchev–Trinajstić information content (AvgIpc) is 3.00.